The van der Waals surface area contributed by atoms with Crippen molar-refractivity contribution in [3.8, 4) is 11.1 Å². The van der Waals surface area contributed by atoms with Crippen LogP contribution in [0.1, 0.15) is 20.8 Å². The van der Waals surface area contributed by atoms with E-state index in [1.165, 1.54) is 11.2 Å². The van der Waals surface area contributed by atoms with Crippen LogP contribution in [0.3, 0.4) is 0 Å². The molecule has 0 atom stereocenters. The van der Waals surface area contributed by atoms with Crippen LogP contribution in [0.4, 0.5) is 5.69 Å². The molecule has 1 heterocycles. The van der Waals surface area contributed by atoms with Gasteiger partial charge < -0.3 is 10.6 Å². The average Bonchev–Trinajstić information content (AvgIpc) is 2.64. The maximum absolute atomic E-state index is 13.0. The molecule has 8 heteroatoms. The van der Waals surface area contributed by atoms with Gasteiger partial charge in [-0.25, -0.2) is 8.42 Å². The van der Waals surface area contributed by atoms with Gasteiger partial charge in [0.05, 0.1) is 4.90 Å². The molecule has 2 aromatic carbocycles. The van der Waals surface area contributed by atoms with Crippen LogP contribution in [0, 0.1) is 0 Å². The summed E-state index contributed by atoms with van der Waals surface area (Å²) in [5, 5.41) is 5.41. The molecule has 1 fully saturated rings. The lowest BCUT2D eigenvalue weighted by Crippen LogP contribution is -2.63. The second-order valence-electron chi connectivity index (χ2n) is 7.18. The van der Waals surface area contributed by atoms with Crippen molar-refractivity contribution in [1.29, 1.82) is 0 Å². The number of sulfonamides is 1. The molecule has 2 amide bonds. The highest BCUT2D eigenvalue weighted by Gasteiger charge is 2.44. The van der Waals surface area contributed by atoms with E-state index in [-0.39, 0.29) is 23.3 Å². The third-order valence-electron chi connectivity index (χ3n) is 4.76. The molecule has 2 N–H and O–H groups in total. The Morgan fingerprint density at radius 3 is 2.11 bits per heavy atom. The lowest BCUT2D eigenvalue weighted by Gasteiger charge is -2.39. The Bertz CT molecular complexity index is 997. The Balaban J connectivity index is 1.85. The molecule has 1 saturated heterocycles. The van der Waals surface area contributed by atoms with Crippen molar-refractivity contribution in [2.45, 2.75) is 31.2 Å². The molecule has 0 spiro atoms. The van der Waals surface area contributed by atoms with Crippen molar-refractivity contribution in [3.63, 3.8) is 0 Å². The number of carbonyl (C=O) groups is 2. The number of nitrogens with zero attached hydrogens (tertiary/aromatic N) is 1. The first kappa shape index (κ1) is 20.0. The van der Waals surface area contributed by atoms with E-state index < -0.39 is 15.6 Å². The summed E-state index contributed by atoms with van der Waals surface area (Å²) in [6.45, 7) is 5.17. The summed E-state index contributed by atoms with van der Waals surface area (Å²) in [4.78, 5) is 23.3. The highest BCUT2D eigenvalue weighted by Crippen LogP contribution is 2.29. The van der Waals surface area contributed by atoms with E-state index in [9.17, 15) is 18.0 Å². The predicted octanol–water partition coefficient (Wildman–Crippen LogP) is 2.21. The Labute approximate surface area is 164 Å². The van der Waals surface area contributed by atoms with Crippen LogP contribution in [-0.2, 0) is 19.6 Å². The van der Waals surface area contributed by atoms with Crippen molar-refractivity contribution in [1.82, 2.24) is 9.62 Å². The minimum Gasteiger partial charge on any atom is -0.353 e. The van der Waals surface area contributed by atoms with Crippen LogP contribution in [0.15, 0.2) is 53.4 Å². The normalized spacial score (nSPS) is 17.0. The van der Waals surface area contributed by atoms with Crippen LogP contribution in [0.25, 0.3) is 11.1 Å². The third-order valence-corrected chi connectivity index (χ3v) is 6.85. The SMILES string of the molecule is CC(=O)Nc1ccc(-c2ccc(S(=O)(=O)N3CCNC(=O)C3(C)C)cc2)cc1. The van der Waals surface area contributed by atoms with Crippen LogP contribution in [0.5, 0.6) is 0 Å². The van der Waals surface area contributed by atoms with E-state index in [2.05, 4.69) is 10.6 Å². The molecule has 28 heavy (non-hydrogen) atoms. The number of rotatable bonds is 4. The molecule has 0 unspecified atom stereocenters. The quantitative estimate of drug-likeness (QED) is 0.821. The molecule has 7 nitrogen and oxygen atoms in total. The minimum atomic E-state index is -3.80. The lowest BCUT2D eigenvalue weighted by molar-refractivity contribution is -0.131. The number of hydrogen-bond acceptors (Lipinski definition) is 4. The second kappa shape index (κ2) is 7.37. The van der Waals surface area contributed by atoms with Gasteiger partial charge in [-0.05, 0) is 49.2 Å². The van der Waals surface area contributed by atoms with Gasteiger partial charge in [0.15, 0.2) is 0 Å². The van der Waals surface area contributed by atoms with Crippen molar-refractivity contribution in [2.24, 2.45) is 0 Å². The van der Waals surface area contributed by atoms with Gasteiger partial charge in [0, 0.05) is 25.7 Å². The van der Waals surface area contributed by atoms with Crippen LogP contribution < -0.4 is 10.6 Å². The van der Waals surface area contributed by atoms with Gasteiger partial charge >= 0.3 is 0 Å². The zero-order valence-corrected chi connectivity index (χ0v) is 16.8. The van der Waals surface area contributed by atoms with Crippen LogP contribution in [-0.4, -0.2) is 43.2 Å². The first-order valence-electron chi connectivity index (χ1n) is 8.91. The molecule has 0 radical (unpaired) electrons. The highest BCUT2D eigenvalue weighted by molar-refractivity contribution is 7.89. The Morgan fingerprint density at radius 1 is 1.04 bits per heavy atom. The fourth-order valence-electron chi connectivity index (χ4n) is 3.20. The van der Waals surface area contributed by atoms with Gasteiger partial charge in [-0.3, -0.25) is 9.59 Å². The molecular formula is C20H23N3O4S. The lowest BCUT2D eigenvalue weighted by atomic mass is 10.0. The van der Waals surface area contributed by atoms with Gasteiger partial charge in [0.25, 0.3) is 0 Å². The number of amides is 2. The van der Waals surface area contributed by atoms with E-state index >= 15 is 0 Å². The number of carbonyl (C=O) groups excluding carboxylic acids is 2. The molecule has 2 aromatic rings. The zero-order valence-electron chi connectivity index (χ0n) is 16.0. The standard InChI is InChI=1S/C20H23N3O4S/c1-14(24)22-17-8-4-15(5-9-17)16-6-10-18(11-7-16)28(26,27)23-13-12-21-19(25)20(23,2)3/h4-11H,12-13H2,1-3H3,(H,21,25)(H,22,24). The minimum absolute atomic E-state index is 0.142. The highest BCUT2D eigenvalue weighted by atomic mass is 32.2. The third kappa shape index (κ3) is 3.79. The largest absolute Gasteiger partial charge is 0.353 e. The summed E-state index contributed by atoms with van der Waals surface area (Å²) in [5.41, 5.74) is 1.30. The van der Waals surface area contributed by atoms with Crippen molar-refractivity contribution < 1.29 is 18.0 Å². The molecule has 0 aliphatic carbocycles. The molecule has 148 valence electrons. The van der Waals surface area contributed by atoms with Gasteiger partial charge in [-0.2, -0.15) is 4.31 Å². The molecule has 1 aliphatic heterocycles. The number of hydrogen-bond donors (Lipinski definition) is 2. The fourth-order valence-corrected chi connectivity index (χ4v) is 4.95. The summed E-state index contributed by atoms with van der Waals surface area (Å²) in [6, 6.07) is 13.9. The zero-order chi connectivity index (χ0) is 20.5. The smallest absolute Gasteiger partial charge is 0.244 e. The van der Waals surface area contributed by atoms with Crippen molar-refractivity contribution in [2.75, 3.05) is 18.4 Å². The maximum Gasteiger partial charge on any atom is 0.244 e. The Hall–Kier alpha value is -2.71. The first-order chi connectivity index (χ1) is 13.1. The number of anilines is 1. The van der Waals surface area contributed by atoms with E-state index in [0.29, 0.717) is 12.2 Å². The van der Waals surface area contributed by atoms with Crippen LogP contribution in [0.2, 0.25) is 0 Å². The average molecular weight is 401 g/mol. The van der Waals surface area contributed by atoms with Gasteiger partial charge in [0.2, 0.25) is 21.8 Å². The van der Waals surface area contributed by atoms with Gasteiger partial charge in [-0.1, -0.05) is 24.3 Å². The summed E-state index contributed by atoms with van der Waals surface area (Å²) in [6.07, 6.45) is 0. The molecule has 0 bridgehead atoms. The predicted molar refractivity (Wildman–Crippen MR) is 107 cm³/mol. The number of nitrogens with one attached hydrogen (secondary N) is 2. The Kier molecular flexibility index (Phi) is 5.27. The molecule has 1 aliphatic rings. The van der Waals surface area contributed by atoms with Gasteiger partial charge in [-0.15, -0.1) is 0 Å². The summed E-state index contributed by atoms with van der Waals surface area (Å²) >= 11 is 0. The van der Waals surface area contributed by atoms with Crippen molar-refractivity contribution in [3.05, 3.63) is 48.5 Å². The second-order valence-corrected chi connectivity index (χ2v) is 9.04. The van der Waals surface area contributed by atoms with E-state index in [1.807, 2.05) is 12.1 Å². The Morgan fingerprint density at radius 2 is 1.57 bits per heavy atom. The molecule has 0 saturated carbocycles. The van der Waals surface area contributed by atoms with E-state index in [4.69, 9.17) is 0 Å². The summed E-state index contributed by atoms with van der Waals surface area (Å²) in [7, 11) is -3.80. The number of piperazine rings is 1. The summed E-state index contributed by atoms with van der Waals surface area (Å²) in [5.74, 6) is -0.449. The molecule has 3 rings (SSSR count). The molecular weight excluding hydrogens is 378 g/mol. The van der Waals surface area contributed by atoms with E-state index in [0.717, 1.165) is 11.1 Å². The molecule has 0 aromatic heterocycles. The topological polar surface area (TPSA) is 95.6 Å². The van der Waals surface area contributed by atoms with E-state index in [1.54, 1.807) is 50.2 Å². The first-order valence-corrected chi connectivity index (χ1v) is 10.4. The monoisotopic (exact) mass is 401 g/mol. The van der Waals surface area contributed by atoms with Crippen LogP contribution >= 0.6 is 0 Å². The fraction of sp³-hybridized carbons (Fsp3) is 0.300. The maximum atomic E-state index is 13.0. The summed E-state index contributed by atoms with van der Waals surface area (Å²) < 4.78 is 27.3. The number of benzene rings is 2. The van der Waals surface area contributed by atoms with Gasteiger partial charge in [0.1, 0.15) is 5.54 Å². The van der Waals surface area contributed by atoms with Crippen molar-refractivity contribution >= 4 is 27.5 Å².